The van der Waals surface area contributed by atoms with E-state index in [4.69, 9.17) is 9.26 Å². The number of aromatic nitrogens is 1. The summed E-state index contributed by atoms with van der Waals surface area (Å²) < 4.78 is 9.70. The van der Waals surface area contributed by atoms with Gasteiger partial charge in [-0.15, -0.1) is 0 Å². The number of hydrogen-bond acceptors (Lipinski definition) is 5. The van der Waals surface area contributed by atoms with Gasteiger partial charge >= 0.3 is 5.97 Å². The van der Waals surface area contributed by atoms with Crippen molar-refractivity contribution in [3.63, 3.8) is 0 Å². The van der Waals surface area contributed by atoms with Crippen LogP contribution in [0.25, 0.3) is 0 Å². The van der Waals surface area contributed by atoms with Crippen LogP contribution in [0.15, 0.2) is 4.52 Å². The van der Waals surface area contributed by atoms with E-state index in [-0.39, 0.29) is 24.1 Å². The van der Waals surface area contributed by atoms with Gasteiger partial charge in [0.05, 0.1) is 5.69 Å². The standard InChI is InChI=1S/C11H16N2O4/c1-6(2)12-9(14)5-16-11(15)10-7(3)13-17-8(10)4/h6H,5H2,1-4H3,(H,12,14). The van der Waals surface area contributed by atoms with Crippen molar-refractivity contribution in [1.29, 1.82) is 0 Å². The highest BCUT2D eigenvalue weighted by Crippen LogP contribution is 2.13. The van der Waals surface area contributed by atoms with Crippen LogP contribution in [-0.2, 0) is 9.53 Å². The molecule has 0 radical (unpaired) electrons. The van der Waals surface area contributed by atoms with Crippen molar-refractivity contribution < 1.29 is 18.8 Å². The predicted octanol–water partition coefficient (Wildman–Crippen LogP) is 0.973. The van der Waals surface area contributed by atoms with Gasteiger partial charge in [0.15, 0.2) is 6.61 Å². The number of nitrogens with zero attached hydrogens (tertiary/aromatic N) is 1. The van der Waals surface area contributed by atoms with Gasteiger partial charge in [0.1, 0.15) is 11.3 Å². The van der Waals surface area contributed by atoms with E-state index in [1.54, 1.807) is 13.8 Å². The smallest absolute Gasteiger partial charge is 0.344 e. The zero-order valence-corrected chi connectivity index (χ0v) is 10.4. The van der Waals surface area contributed by atoms with Crippen LogP contribution < -0.4 is 5.32 Å². The minimum absolute atomic E-state index is 0.0141. The number of esters is 1. The number of rotatable bonds is 4. The van der Waals surface area contributed by atoms with E-state index in [1.165, 1.54) is 0 Å². The van der Waals surface area contributed by atoms with Gasteiger partial charge < -0.3 is 14.6 Å². The molecule has 0 aliphatic carbocycles. The molecule has 17 heavy (non-hydrogen) atoms. The van der Waals surface area contributed by atoms with E-state index in [0.717, 1.165) is 0 Å². The van der Waals surface area contributed by atoms with Gasteiger partial charge in [-0.25, -0.2) is 4.79 Å². The molecule has 0 spiro atoms. The van der Waals surface area contributed by atoms with E-state index in [9.17, 15) is 9.59 Å². The van der Waals surface area contributed by atoms with Crippen molar-refractivity contribution in [2.45, 2.75) is 33.7 Å². The summed E-state index contributed by atoms with van der Waals surface area (Å²) in [7, 11) is 0. The first-order chi connectivity index (χ1) is 7.91. The third-order valence-electron chi connectivity index (χ3n) is 2.02. The molecule has 94 valence electrons. The molecule has 0 aromatic carbocycles. The molecule has 6 nitrogen and oxygen atoms in total. The monoisotopic (exact) mass is 240 g/mol. The summed E-state index contributed by atoms with van der Waals surface area (Å²) in [6.45, 7) is 6.61. The maximum Gasteiger partial charge on any atom is 0.344 e. The van der Waals surface area contributed by atoms with Crippen molar-refractivity contribution in [2.24, 2.45) is 0 Å². The van der Waals surface area contributed by atoms with Gasteiger partial charge in [0, 0.05) is 6.04 Å². The normalized spacial score (nSPS) is 10.4. The van der Waals surface area contributed by atoms with Gasteiger partial charge in [0.2, 0.25) is 0 Å². The van der Waals surface area contributed by atoms with E-state index >= 15 is 0 Å². The third kappa shape index (κ3) is 3.58. The molecule has 0 aliphatic heterocycles. The Morgan fingerprint density at radius 2 is 2.06 bits per heavy atom. The second-order valence-corrected chi connectivity index (χ2v) is 4.00. The minimum Gasteiger partial charge on any atom is -0.452 e. The maximum atomic E-state index is 11.6. The first kappa shape index (κ1) is 13.2. The summed E-state index contributed by atoms with van der Waals surface area (Å²) in [6, 6.07) is 0.0141. The summed E-state index contributed by atoms with van der Waals surface area (Å²) in [4.78, 5) is 22.9. The fourth-order valence-electron chi connectivity index (χ4n) is 1.34. The molecule has 1 heterocycles. The molecular formula is C11H16N2O4. The second kappa shape index (κ2) is 5.47. The Balaban J connectivity index is 2.54. The molecule has 1 aromatic heterocycles. The lowest BCUT2D eigenvalue weighted by molar-refractivity contribution is -0.124. The number of aryl methyl sites for hydroxylation is 2. The fraction of sp³-hybridized carbons (Fsp3) is 0.545. The van der Waals surface area contributed by atoms with Gasteiger partial charge in [-0.2, -0.15) is 0 Å². The van der Waals surface area contributed by atoms with Gasteiger partial charge in [-0.3, -0.25) is 4.79 Å². The predicted molar refractivity (Wildman–Crippen MR) is 59.5 cm³/mol. The number of amides is 1. The van der Waals surface area contributed by atoms with Crippen molar-refractivity contribution >= 4 is 11.9 Å². The average Bonchev–Trinajstić information content (AvgIpc) is 2.54. The summed E-state index contributed by atoms with van der Waals surface area (Å²) in [6.07, 6.45) is 0. The highest BCUT2D eigenvalue weighted by atomic mass is 16.5. The third-order valence-corrected chi connectivity index (χ3v) is 2.02. The Morgan fingerprint density at radius 1 is 1.41 bits per heavy atom. The molecule has 0 bridgehead atoms. The first-order valence-corrected chi connectivity index (χ1v) is 5.31. The molecule has 1 rings (SSSR count). The van der Waals surface area contributed by atoms with Crippen LogP contribution in [0.3, 0.4) is 0 Å². The minimum atomic E-state index is -0.597. The lowest BCUT2D eigenvalue weighted by Crippen LogP contribution is -2.34. The Bertz CT molecular complexity index is 404. The van der Waals surface area contributed by atoms with Crippen molar-refractivity contribution in [3.8, 4) is 0 Å². The molecule has 1 amide bonds. The van der Waals surface area contributed by atoms with E-state index in [2.05, 4.69) is 10.5 Å². The Labute approximate surface area is 99.3 Å². The largest absolute Gasteiger partial charge is 0.452 e. The Hall–Kier alpha value is -1.85. The fourth-order valence-corrected chi connectivity index (χ4v) is 1.34. The average molecular weight is 240 g/mol. The van der Waals surface area contributed by atoms with Crippen molar-refractivity contribution in [1.82, 2.24) is 10.5 Å². The van der Waals surface area contributed by atoms with Gasteiger partial charge in [-0.1, -0.05) is 5.16 Å². The first-order valence-electron chi connectivity index (χ1n) is 5.31. The molecule has 1 N–H and O–H groups in total. The quantitative estimate of drug-likeness (QED) is 0.793. The Morgan fingerprint density at radius 3 is 2.53 bits per heavy atom. The molecule has 0 fully saturated rings. The van der Waals surface area contributed by atoms with Gasteiger partial charge in [0.25, 0.3) is 5.91 Å². The Kier molecular flexibility index (Phi) is 4.25. The van der Waals surface area contributed by atoms with Crippen LogP contribution in [0, 0.1) is 13.8 Å². The number of carbonyl (C=O) groups excluding carboxylic acids is 2. The summed E-state index contributed by atoms with van der Waals surface area (Å²) in [5, 5.41) is 6.25. The maximum absolute atomic E-state index is 11.6. The molecule has 0 aliphatic rings. The van der Waals surface area contributed by atoms with Crippen LogP contribution in [0.5, 0.6) is 0 Å². The van der Waals surface area contributed by atoms with Crippen LogP contribution in [-0.4, -0.2) is 29.7 Å². The van der Waals surface area contributed by atoms with E-state index < -0.39 is 5.97 Å². The number of ether oxygens (including phenoxy) is 1. The molecule has 1 aromatic rings. The molecule has 0 saturated heterocycles. The second-order valence-electron chi connectivity index (χ2n) is 4.00. The van der Waals surface area contributed by atoms with Crippen molar-refractivity contribution in [2.75, 3.05) is 6.61 Å². The highest BCUT2D eigenvalue weighted by Gasteiger charge is 2.19. The van der Waals surface area contributed by atoms with Crippen molar-refractivity contribution in [3.05, 3.63) is 17.0 Å². The van der Waals surface area contributed by atoms with Crippen LogP contribution in [0.2, 0.25) is 0 Å². The summed E-state index contributed by atoms with van der Waals surface area (Å²) in [5.74, 6) is -0.544. The lowest BCUT2D eigenvalue weighted by Gasteiger charge is -2.08. The van der Waals surface area contributed by atoms with Gasteiger partial charge in [-0.05, 0) is 27.7 Å². The van der Waals surface area contributed by atoms with Crippen LogP contribution >= 0.6 is 0 Å². The number of carbonyl (C=O) groups is 2. The van der Waals surface area contributed by atoms with E-state index in [0.29, 0.717) is 11.5 Å². The molecule has 0 saturated carbocycles. The number of hydrogen-bond donors (Lipinski definition) is 1. The summed E-state index contributed by atoms with van der Waals surface area (Å²) in [5.41, 5.74) is 0.735. The molecule has 0 unspecified atom stereocenters. The molecule has 0 atom stereocenters. The highest BCUT2D eigenvalue weighted by molar-refractivity contribution is 5.93. The molecule has 6 heteroatoms. The SMILES string of the molecule is Cc1noc(C)c1C(=O)OCC(=O)NC(C)C. The zero-order valence-electron chi connectivity index (χ0n) is 10.4. The number of nitrogens with one attached hydrogen (secondary N) is 1. The zero-order chi connectivity index (χ0) is 13.0. The molecular weight excluding hydrogens is 224 g/mol. The van der Waals surface area contributed by atoms with Crippen LogP contribution in [0.4, 0.5) is 0 Å². The summed E-state index contributed by atoms with van der Waals surface area (Å²) >= 11 is 0. The lowest BCUT2D eigenvalue weighted by atomic mass is 10.2. The van der Waals surface area contributed by atoms with E-state index in [1.807, 2.05) is 13.8 Å². The topological polar surface area (TPSA) is 81.4 Å². The van der Waals surface area contributed by atoms with Crippen LogP contribution in [0.1, 0.15) is 35.7 Å².